The summed E-state index contributed by atoms with van der Waals surface area (Å²) in [5.74, 6) is -0.915. The van der Waals surface area contributed by atoms with Gasteiger partial charge in [-0.15, -0.1) is 0 Å². The van der Waals surface area contributed by atoms with Crippen LogP contribution < -0.4 is 4.74 Å². The summed E-state index contributed by atoms with van der Waals surface area (Å²) in [7, 11) is -1.37. The lowest BCUT2D eigenvalue weighted by Gasteiger charge is -2.17. The SMILES string of the molecule is C[Si](C)(C)CCOCn1c(-c2ccc(F)cc2)cc2c(Oc3ccccc3C#N)c(C(F)(F)F)cnc21. The van der Waals surface area contributed by atoms with Crippen LogP contribution in [0, 0.1) is 17.1 Å². The number of hydrogen-bond acceptors (Lipinski definition) is 4. The Morgan fingerprint density at radius 2 is 1.76 bits per heavy atom. The molecule has 0 saturated heterocycles. The first kappa shape index (κ1) is 26.4. The summed E-state index contributed by atoms with van der Waals surface area (Å²) in [5, 5.41) is 9.52. The zero-order chi connectivity index (χ0) is 26.8. The number of halogens is 4. The molecular weight excluding hydrogens is 502 g/mol. The number of para-hydroxylation sites is 1. The van der Waals surface area contributed by atoms with Gasteiger partial charge in [0.05, 0.1) is 16.6 Å². The zero-order valence-corrected chi connectivity index (χ0v) is 21.6. The van der Waals surface area contributed by atoms with Crippen molar-refractivity contribution < 1.29 is 27.0 Å². The predicted octanol–water partition coefficient (Wildman–Crippen LogP) is 7.84. The molecule has 37 heavy (non-hydrogen) atoms. The number of benzene rings is 2. The Bertz CT molecular complexity index is 1450. The Morgan fingerprint density at radius 3 is 2.41 bits per heavy atom. The molecule has 0 radical (unpaired) electrons. The van der Waals surface area contributed by atoms with E-state index in [0.29, 0.717) is 17.9 Å². The molecule has 0 unspecified atom stereocenters. The molecular formula is C27H25F4N3O2Si. The molecule has 0 N–H and O–H groups in total. The van der Waals surface area contributed by atoms with Gasteiger partial charge in [-0.3, -0.25) is 0 Å². The molecule has 0 atom stereocenters. The van der Waals surface area contributed by atoms with Gasteiger partial charge in [0.1, 0.15) is 35.6 Å². The fourth-order valence-corrected chi connectivity index (χ4v) is 4.53. The van der Waals surface area contributed by atoms with E-state index in [0.717, 1.165) is 12.2 Å². The fraction of sp³-hybridized carbons (Fsp3) is 0.259. The number of ether oxygens (including phenoxy) is 2. The van der Waals surface area contributed by atoms with Crippen LogP contribution in [0.1, 0.15) is 11.1 Å². The van der Waals surface area contributed by atoms with Gasteiger partial charge in [0.15, 0.2) is 5.75 Å². The van der Waals surface area contributed by atoms with Gasteiger partial charge in [-0.05, 0) is 54.1 Å². The van der Waals surface area contributed by atoms with Gasteiger partial charge in [-0.25, -0.2) is 9.37 Å². The zero-order valence-electron chi connectivity index (χ0n) is 20.6. The van der Waals surface area contributed by atoms with E-state index in [1.165, 1.54) is 42.5 Å². The van der Waals surface area contributed by atoms with Crippen LogP contribution in [0.4, 0.5) is 17.6 Å². The molecule has 0 saturated carbocycles. The fourth-order valence-electron chi connectivity index (χ4n) is 3.77. The third kappa shape index (κ3) is 6.01. The van der Waals surface area contributed by atoms with Crippen LogP contribution >= 0.6 is 0 Å². The van der Waals surface area contributed by atoms with E-state index in [1.807, 2.05) is 6.07 Å². The van der Waals surface area contributed by atoms with Gasteiger partial charge in [0.25, 0.3) is 0 Å². The molecule has 2 aromatic heterocycles. The summed E-state index contributed by atoms with van der Waals surface area (Å²) in [6, 6.07) is 16.1. The Balaban J connectivity index is 1.89. The summed E-state index contributed by atoms with van der Waals surface area (Å²) in [4.78, 5) is 4.14. The predicted molar refractivity (Wildman–Crippen MR) is 135 cm³/mol. The molecule has 0 aliphatic heterocycles. The van der Waals surface area contributed by atoms with Crippen LogP contribution in [0.3, 0.4) is 0 Å². The Labute approximate surface area is 212 Å². The first-order valence-electron chi connectivity index (χ1n) is 11.6. The van der Waals surface area contributed by atoms with E-state index >= 15 is 0 Å². The molecule has 4 rings (SSSR count). The van der Waals surface area contributed by atoms with Crippen LogP contribution in [0.25, 0.3) is 22.3 Å². The lowest BCUT2D eigenvalue weighted by molar-refractivity contribution is -0.138. The second-order valence-corrected chi connectivity index (χ2v) is 15.4. The number of rotatable bonds is 8. The normalized spacial score (nSPS) is 12.1. The second-order valence-electron chi connectivity index (χ2n) is 9.76. The molecule has 4 aromatic rings. The summed E-state index contributed by atoms with van der Waals surface area (Å²) < 4.78 is 69.1. The maximum absolute atomic E-state index is 14.0. The number of alkyl halides is 3. The van der Waals surface area contributed by atoms with Gasteiger partial charge < -0.3 is 14.0 Å². The monoisotopic (exact) mass is 527 g/mol. The highest BCUT2D eigenvalue weighted by Gasteiger charge is 2.37. The largest absolute Gasteiger partial charge is 0.455 e. The average molecular weight is 528 g/mol. The summed E-state index contributed by atoms with van der Waals surface area (Å²) >= 11 is 0. The molecule has 0 fully saturated rings. The highest BCUT2D eigenvalue weighted by atomic mass is 28.3. The highest BCUT2D eigenvalue weighted by molar-refractivity contribution is 6.76. The van der Waals surface area contributed by atoms with Gasteiger partial charge in [-0.2, -0.15) is 18.4 Å². The van der Waals surface area contributed by atoms with Crippen LogP contribution in [-0.4, -0.2) is 24.2 Å². The molecule has 0 amide bonds. The maximum atomic E-state index is 14.0. The van der Waals surface area contributed by atoms with Crippen LogP contribution in [0.15, 0.2) is 60.8 Å². The molecule has 2 heterocycles. The van der Waals surface area contributed by atoms with E-state index in [9.17, 15) is 22.8 Å². The Hall–Kier alpha value is -3.68. The van der Waals surface area contributed by atoms with Crippen molar-refractivity contribution in [3.63, 3.8) is 0 Å². The van der Waals surface area contributed by atoms with Crippen molar-refractivity contribution in [3.05, 3.63) is 77.7 Å². The minimum absolute atomic E-state index is 0.00883. The number of hydrogen-bond donors (Lipinski definition) is 0. The summed E-state index contributed by atoms with van der Waals surface area (Å²) in [6.07, 6.45) is -4.04. The maximum Gasteiger partial charge on any atom is 0.421 e. The van der Waals surface area contributed by atoms with Crippen LogP contribution in [0.2, 0.25) is 25.7 Å². The molecule has 0 bridgehead atoms. The van der Waals surface area contributed by atoms with Gasteiger partial charge in [0, 0.05) is 20.9 Å². The van der Waals surface area contributed by atoms with Crippen molar-refractivity contribution in [1.29, 1.82) is 5.26 Å². The van der Waals surface area contributed by atoms with Crippen molar-refractivity contribution in [2.75, 3.05) is 6.61 Å². The van der Waals surface area contributed by atoms with Crippen molar-refractivity contribution in [1.82, 2.24) is 9.55 Å². The van der Waals surface area contributed by atoms with Crippen molar-refractivity contribution >= 4 is 19.1 Å². The summed E-state index contributed by atoms with van der Waals surface area (Å²) in [5.41, 5.74) is 0.298. The van der Waals surface area contributed by atoms with E-state index < -0.39 is 31.4 Å². The number of pyridine rings is 1. The molecule has 0 aliphatic rings. The van der Waals surface area contributed by atoms with Crippen molar-refractivity contribution in [2.24, 2.45) is 0 Å². The summed E-state index contributed by atoms with van der Waals surface area (Å²) in [6.45, 7) is 7.17. The molecule has 2 aromatic carbocycles. The van der Waals surface area contributed by atoms with E-state index in [1.54, 1.807) is 16.7 Å². The van der Waals surface area contributed by atoms with Crippen molar-refractivity contribution in [3.8, 4) is 28.8 Å². The molecule has 0 aliphatic carbocycles. The van der Waals surface area contributed by atoms with Gasteiger partial charge in [-0.1, -0.05) is 31.8 Å². The van der Waals surface area contributed by atoms with Crippen molar-refractivity contribution in [2.45, 2.75) is 38.6 Å². The third-order valence-electron chi connectivity index (χ3n) is 5.76. The smallest absolute Gasteiger partial charge is 0.421 e. The van der Waals surface area contributed by atoms with E-state index in [4.69, 9.17) is 9.47 Å². The van der Waals surface area contributed by atoms with E-state index in [-0.39, 0.29) is 29.1 Å². The number of nitrogens with zero attached hydrogens (tertiary/aromatic N) is 3. The quantitative estimate of drug-likeness (QED) is 0.133. The topological polar surface area (TPSA) is 60.1 Å². The van der Waals surface area contributed by atoms with E-state index in [2.05, 4.69) is 24.6 Å². The standard InChI is InChI=1S/C27H25F4N3O2Si/c1-37(2,3)13-12-35-17-34-23(18-8-10-20(28)11-9-18)14-21-25(22(27(29,30)31)16-33-26(21)34)36-24-7-5-4-6-19(24)15-32/h4-11,14,16H,12-13,17H2,1-3H3. The first-order valence-corrected chi connectivity index (χ1v) is 15.3. The Kier molecular flexibility index (Phi) is 7.39. The highest BCUT2D eigenvalue weighted by Crippen LogP contribution is 2.44. The Morgan fingerprint density at radius 1 is 1.05 bits per heavy atom. The molecule has 0 spiro atoms. The minimum Gasteiger partial charge on any atom is -0.455 e. The third-order valence-corrected chi connectivity index (χ3v) is 7.46. The van der Waals surface area contributed by atoms with Crippen LogP contribution in [0.5, 0.6) is 11.5 Å². The van der Waals surface area contributed by atoms with Gasteiger partial charge >= 0.3 is 6.18 Å². The first-order chi connectivity index (χ1) is 17.5. The van der Waals surface area contributed by atoms with Gasteiger partial charge in [0.2, 0.25) is 0 Å². The minimum atomic E-state index is -4.76. The lowest BCUT2D eigenvalue weighted by atomic mass is 10.1. The number of fused-ring (bicyclic) bond motifs is 1. The second kappa shape index (κ2) is 10.4. The number of aromatic nitrogens is 2. The molecule has 10 heteroatoms. The lowest BCUT2D eigenvalue weighted by Crippen LogP contribution is -2.22. The van der Waals surface area contributed by atoms with Crippen LogP contribution in [-0.2, 0) is 17.6 Å². The molecule has 192 valence electrons. The average Bonchev–Trinajstić information content (AvgIpc) is 3.20. The molecule has 5 nitrogen and oxygen atoms in total. The number of nitriles is 1.